The number of nitrogens with zero attached hydrogens (tertiary/aromatic N) is 2. The van der Waals surface area contributed by atoms with Crippen molar-refractivity contribution in [1.29, 1.82) is 0 Å². The van der Waals surface area contributed by atoms with Crippen molar-refractivity contribution >= 4 is 51.7 Å². The molecule has 2 aromatic heterocycles. The topological polar surface area (TPSA) is 72.6 Å². The minimum atomic E-state index is -0.750. The zero-order chi connectivity index (χ0) is 23.6. The zero-order valence-electron chi connectivity index (χ0n) is 18.5. The summed E-state index contributed by atoms with van der Waals surface area (Å²) in [6.07, 6.45) is 0. The maximum absolute atomic E-state index is 14.5. The van der Waals surface area contributed by atoms with Gasteiger partial charge in [-0.25, -0.2) is 14.2 Å². The van der Waals surface area contributed by atoms with Crippen molar-refractivity contribution < 1.29 is 18.3 Å². The van der Waals surface area contributed by atoms with Crippen molar-refractivity contribution in [2.75, 3.05) is 17.2 Å². The quantitative estimate of drug-likeness (QED) is 0.237. The molecule has 0 unspecified atom stereocenters. The number of pyridine rings is 1. The fraction of sp³-hybridized carbons (Fsp3) is 0.348. The first-order valence-corrected chi connectivity index (χ1v) is 11.5. The van der Waals surface area contributed by atoms with Crippen molar-refractivity contribution in [3.8, 4) is 0 Å². The number of carbonyl (C=O) groups is 1. The van der Waals surface area contributed by atoms with Crippen LogP contribution in [-0.2, 0) is 4.74 Å². The predicted octanol–water partition coefficient (Wildman–Crippen LogP) is 6.21. The lowest BCUT2D eigenvalue weighted by atomic mass is 10.1. The van der Waals surface area contributed by atoms with Gasteiger partial charge in [-0.05, 0) is 51.6 Å². The molecule has 0 saturated carbocycles. The van der Waals surface area contributed by atoms with Crippen molar-refractivity contribution in [2.45, 2.75) is 45.3 Å². The van der Waals surface area contributed by atoms with Gasteiger partial charge in [0.15, 0.2) is 21.8 Å². The molecule has 0 aliphatic heterocycles. The van der Waals surface area contributed by atoms with Gasteiger partial charge in [-0.3, -0.25) is 4.79 Å². The van der Waals surface area contributed by atoms with Gasteiger partial charge in [0.2, 0.25) is 0 Å². The molecule has 0 amide bonds. The van der Waals surface area contributed by atoms with Crippen LogP contribution in [0.15, 0.2) is 44.6 Å². The third kappa shape index (κ3) is 5.24. The van der Waals surface area contributed by atoms with Crippen LogP contribution in [0.1, 0.15) is 45.1 Å². The Balaban J connectivity index is 2.26. The number of carbonyl (C=O) groups excluding carboxylic acids is 1. The summed E-state index contributed by atoms with van der Waals surface area (Å²) in [5, 5.41) is 0.651. The Labute approximate surface area is 194 Å². The Morgan fingerprint density at radius 2 is 1.94 bits per heavy atom. The van der Waals surface area contributed by atoms with Crippen LogP contribution in [0, 0.1) is 5.82 Å². The number of anilines is 2. The molecule has 3 rings (SSSR count). The Morgan fingerprint density at radius 3 is 2.56 bits per heavy atom. The van der Waals surface area contributed by atoms with E-state index >= 15 is 0 Å². The minimum Gasteiger partial charge on any atom is -0.455 e. The Bertz CT molecular complexity index is 1220. The minimum absolute atomic E-state index is 0.0203. The fourth-order valence-electron chi connectivity index (χ4n) is 3.19. The molecule has 0 radical (unpaired) electrons. The van der Waals surface area contributed by atoms with E-state index in [1.807, 2.05) is 13.8 Å². The van der Waals surface area contributed by atoms with Crippen molar-refractivity contribution in [3.05, 3.63) is 57.2 Å². The molecular formula is C23H24ClFN2O4S. The molecule has 0 bridgehead atoms. The van der Waals surface area contributed by atoms with Gasteiger partial charge in [0.25, 0.3) is 0 Å². The standard InChI is InChI=1S/C23H24ClFN2O4S/c1-6-27(15-8-9-18(24)26-20(15)22(29)31-23(3,4)5)16-11-13(25)10-14-17(28)12-19(32-7-2)30-21(14)16/h8-12H,6-7H2,1-5H3. The molecule has 3 aromatic rings. The first-order valence-electron chi connectivity index (χ1n) is 10.1. The van der Waals surface area contributed by atoms with Gasteiger partial charge < -0.3 is 14.1 Å². The summed E-state index contributed by atoms with van der Waals surface area (Å²) in [5.74, 6) is -0.570. The number of hydrogen-bond acceptors (Lipinski definition) is 7. The van der Waals surface area contributed by atoms with Crippen molar-refractivity contribution in [3.63, 3.8) is 0 Å². The molecule has 0 aliphatic carbocycles. The highest BCUT2D eigenvalue weighted by Gasteiger charge is 2.26. The maximum atomic E-state index is 14.5. The largest absolute Gasteiger partial charge is 0.455 e. The summed E-state index contributed by atoms with van der Waals surface area (Å²) in [6, 6.07) is 6.91. The molecule has 170 valence electrons. The molecule has 0 N–H and O–H groups in total. The normalized spacial score (nSPS) is 11.6. The van der Waals surface area contributed by atoms with Gasteiger partial charge in [-0.15, -0.1) is 0 Å². The molecule has 0 spiro atoms. The molecule has 0 aliphatic rings. The number of halogens is 2. The lowest BCUT2D eigenvalue weighted by Gasteiger charge is -2.27. The van der Waals surface area contributed by atoms with Gasteiger partial charge in [0.1, 0.15) is 16.6 Å². The van der Waals surface area contributed by atoms with Gasteiger partial charge in [0, 0.05) is 18.7 Å². The number of aromatic nitrogens is 1. The van der Waals surface area contributed by atoms with E-state index in [4.69, 9.17) is 20.8 Å². The van der Waals surface area contributed by atoms with Crippen LogP contribution < -0.4 is 10.3 Å². The van der Waals surface area contributed by atoms with Crippen LogP contribution >= 0.6 is 23.4 Å². The average molecular weight is 479 g/mol. The molecule has 0 saturated heterocycles. The Morgan fingerprint density at radius 1 is 1.22 bits per heavy atom. The monoisotopic (exact) mass is 478 g/mol. The number of rotatable bonds is 6. The van der Waals surface area contributed by atoms with E-state index in [1.165, 1.54) is 30.0 Å². The first-order chi connectivity index (χ1) is 15.0. The highest BCUT2D eigenvalue weighted by molar-refractivity contribution is 7.99. The Hall–Kier alpha value is -2.58. The van der Waals surface area contributed by atoms with Gasteiger partial charge in [-0.1, -0.05) is 30.3 Å². The highest BCUT2D eigenvalue weighted by atomic mass is 35.5. The summed E-state index contributed by atoms with van der Waals surface area (Å²) >= 11 is 7.43. The zero-order valence-corrected chi connectivity index (χ0v) is 20.1. The van der Waals surface area contributed by atoms with Crippen LogP contribution in [0.2, 0.25) is 5.15 Å². The summed E-state index contributed by atoms with van der Waals surface area (Å²) in [5.41, 5.74) is -0.239. The van der Waals surface area contributed by atoms with E-state index in [0.29, 0.717) is 28.8 Å². The van der Waals surface area contributed by atoms with E-state index in [0.717, 1.165) is 6.07 Å². The molecular weight excluding hydrogens is 455 g/mol. The van der Waals surface area contributed by atoms with Crippen LogP contribution in [-0.4, -0.2) is 28.9 Å². The SMILES string of the molecule is CCSc1cc(=O)c2cc(F)cc(N(CC)c3ccc(Cl)nc3C(=O)OC(C)(C)C)c2o1. The lowest BCUT2D eigenvalue weighted by molar-refractivity contribution is 0.00638. The number of hydrogen-bond donors (Lipinski definition) is 0. The molecule has 6 nitrogen and oxygen atoms in total. The summed E-state index contributed by atoms with van der Waals surface area (Å²) in [4.78, 5) is 31.4. The third-order valence-electron chi connectivity index (χ3n) is 4.37. The second-order valence-electron chi connectivity index (χ2n) is 7.91. The van der Waals surface area contributed by atoms with E-state index < -0.39 is 17.4 Å². The van der Waals surface area contributed by atoms with Gasteiger partial charge in [-0.2, -0.15) is 0 Å². The summed E-state index contributed by atoms with van der Waals surface area (Å²) in [7, 11) is 0. The molecule has 32 heavy (non-hydrogen) atoms. The average Bonchev–Trinajstić information content (AvgIpc) is 2.69. The number of esters is 1. The molecule has 0 fully saturated rings. The first kappa shape index (κ1) is 24.1. The predicted molar refractivity (Wildman–Crippen MR) is 126 cm³/mol. The number of ether oxygens (including phenoxy) is 1. The number of benzene rings is 1. The van der Waals surface area contributed by atoms with Crippen LogP contribution in [0.3, 0.4) is 0 Å². The summed E-state index contributed by atoms with van der Waals surface area (Å²) < 4.78 is 26.0. The fourth-order valence-corrected chi connectivity index (χ4v) is 3.96. The van der Waals surface area contributed by atoms with Crippen LogP contribution in [0.25, 0.3) is 11.0 Å². The van der Waals surface area contributed by atoms with E-state index in [2.05, 4.69) is 4.98 Å². The second kappa shape index (κ2) is 9.50. The van der Waals surface area contributed by atoms with E-state index in [1.54, 1.807) is 31.7 Å². The molecule has 0 atom stereocenters. The van der Waals surface area contributed by atoms with Crippen LogP contribution in [0.5, 0.6) is 0 Å². The maximum Gasteiger partial charge on any atom is 0.359 e. The molecule has 1 aromatic carbocycles. The summed E-state index contributed by atoms with van der Waals surface area (Å²) in [6.45, 7) is 9.32. The second-order valence-corrected chi connectivity index (χ2v) is 9.57. The highest BCUT2D eigenvalue weighted by Crippen LogP contribution is 2.36. The number of fused-ring (bicyclic) bond motifs is 1. The van der Waals surface area contributed by atoms with Crippen LogP contribution in [0.4, 0.5) is 15.8 Å². The number of thioether (sulfide) groups is 1. The third-order valence-corrected chi connectivity index (χ3v) is 5.35. The smallest absolute Gasteiger partial charge is 0.359 e. The van der Waals surface area contributed by atoms with E-state index in [9.17, 15) is 14.0 Å². The van der Waals surface area contributed by atoms with Gasteiger partial charge >= 0.3 is 5.97 Å². The van der Waals surface area contributed by atoms with Crippen molar-refractivity contribution in [2.24, 2.45) is 0 Å². The molecule has 2 heterocycles. The Kier molecular flexibility index (Phi) is 7.15. The molecule has 9 heteroatoms. The van der Waals surface area contributed by atoms with Crippen molar-refractivity contribution in [1.82, 2.24) is 4.98 Å². The lowest BCUT2D eigenvalue weighted by Crippen LogP contribution is -2.27. The van der Waals surface area contributed by atoms with Gasteiger partial charge in [0.05, 0.1) is 16.8 Å². The van der Waals surface area contributed by atoms with E-state index in [-0.39, 0.29) is 27.2 Å².